The predicted octanol–water partition coefficient (Wildman–Crippen LogP) is 3.78. The molecule has 1 heterocycles. The van der Waals surface area contributed by atoms with Crippen LogP contribution < -0.4 is 9.47 Å². The summed E-state index contributed by atoms with van der Waals surface area (Å²) in [7, 11) is 1.68. The zero-order valence-electron chi connectivity index (χ0n) is 12.4. The molecule has 0 saturated heterocycles. The molecule has 0 amide bonds. The van der Waals surface area contributed by atoms with E-state index in [0.29, 0.717) is 6.61 Å². The molecule has 21 heavy (non-hydrogen) atoms. The molecule has 2 aromatic carbocycles. The minimum absolute atomic E-state index is 0.200. The molecule has 0 radical (unpaired) electrons. The van der Waals surface area contributed by atoms with Crippen LogP contribution in [0.15, 0.2) is 48.5 Å². The van der Waals surface area contributed by atoms with Gasteiger partial charge in [-0.15, -0.1) is 0 Å². The highest BCUT2D eigenvalue weighted by molar-refractivity contribution is 5.39. The van der Waals surface area contributed by atoms with Crippen LogP contribution in [0.3, 0.4) is 0 Å². The van der Waals surface area contributed by atoms with Crippen molar-refractivity contribution in [3.05, 3.63) is 59.7 Å². The van der Waals surface area contributed by atoms with Gasteiger partial charge in [-0.1, -0.05) is 30.3 Å². The van der Waals surface area contributed by atoms with E-state index in [-0.39, 0.29) is 12.2 Å². The van der Waals surface area contributed by atoms with Gasteiger partial charge in [0.2, 0.25) is 6.29 Å². The van der Waals surface area contributed by atoms with E-state index in [1.54, 1.807) is 7.11 Å². The smallest absolute Gasteiger partial charge is 0.207 e. The first-order valence-corrected chi connectivity index (χ1v) is 7.32. The Hall–Kier alpha value is -2.00. The maximum atomic E-state index is 6.04. The van der Waals surface area contributed by atoms with Crippen LogP contribution in [0, 0.1) is 0 Å². The Morgan fingerprint density at radius 2 is 1.86 bits per heavy atom. The van der Waals surface area contributed by atoms with Crippen LogP contribution in [-0.4, -0.2) is 20.0 Å². The van der Waals surface area contributed by atoms with Gasteiger partial charge >= 0.3 is 0 Å². The summed E-state index contributed by atoms with van der Waals surface area (Å²) in [4.78, 5) is 0. The van der Waals surface area contributed by atoms with Crippen LogP contribution in [-0.2, 0) is 11.2 Å². The summed E-state index contributed by atoms with van der Waals surface area (Å²) in [6.07, 6.45) is 0.686. The van der Waals surface area contributed by atoms with Crippen LogP contribution in [0.2, 0.25) is 0 Å². The lowest BCUT2D eigenvalue weighted by Gasteiger charge is -2.33. The summed E-state index contributed by atoms with van der Waals surface area (Å²) < 4.78 is 17.1. The fourth-order valence-electron chi connectivity index (χ4n) is 2.77. The van der Waals surface area contributed by atoms with Gasteiger partial charge in [-0.3, -0.25) is 0 Å². The molecule has 0 saturated carbocycles. The molecule has 3 nitrogen and oxygen atoms in total. The van der Waals surface area contributed by atoms with E-state index in [0.717, 1.165) is 17.9 Å². The van der Waals surface area contributed by atoms with Crippen molar-refractivity contribution in [1.29, 1.82) is 0 Å². The summed E-state index contributed by atoms with van der Waals surface area (Å²) in [5, 5.41) is 0. The van der Waals surface area contributed by atoms with Gasteiger partial charge in [0.15, 0.2) is 0 Å². The molecule has 0 aliphatic carbocycles. The average molecular weight is 284 g/mol. The molecule has 1 aliphatic rings. The molecule has 0 bridgehead atoms. The highest BCUT2D eigenvalue weighted by Crippen LogP contribution is 2.37. The van der Waals surface area contributed by atoms with Gasteiger partial charge in [0, 0.05) is 6.61 Å². The fraction of sp³-hybridized carbons (Fsp3) is 0.333. The first-order valence-electron chi connectivity index (χ1n) is 7.32. The lowest BCUT2D eigenvalue weighted by Crippen LogP contribution is -2.33. The molecule has 2 atom stereocenters. The number of rotatable bonds is 4. The largest absolute Gasteiger partial charge is 0.497 e. The molecule has 0 spiro atoms. The Bertz CT molecular complexity index is 592. The van der Waals surface area contributed by atoms with E-state index in [4.69, 9.17) is 14.2 Å². The lowest BCUT2D eigenvalue weighted by molar-refractivity contribution is -0.0994. The number of benzene rings is 2. The minimum Gasteiger partial charge on any atom is -0.497 e. The zero-order chi connectivity index (χ0) is 14.7. The molecule has 0 N–H and O–H groups in total. The van der Waals surface area contributed by atoms with E-state index in [1.165, 1.54) is 11.1 Å². The van der Waals surface area contributed by atoms with Crippen LogP contribution in [0.25, 0.3) is 0 Å². The standard InChI is InChI=1S/C18H20O3/c1-3-20-18-16(13-8-10-15(19-2)11-9-13)12-14-6-4-5-7-17(14)21-18/h4-11,16,18H,3,12H2,1-2H3/t16-,18+/m1/s1. The maximum Gasteiger partial charge on any atom is 0.207 e. The van der Waals surface area contributed by atoms with Crippen molar-refractivity contribution >= 4 is 0 Å². The van der Waals surface area contributed by atoms with Crippen molar-refractivity contribution in [1.82, 2.24) is 0 Å². The number of hydrogen-bond acceptors (Lipinski definition) is 3. The SMILES string of the molecule is CCO[C@H]1Oc2ccccc2C[C@@H]1c1ccc(OC)cc1. The average Bonchev–Trinajstić information content (AvgIpc) is 2.55. The van der Waals surface area contributed by atoms with Gasteiger partial charge in [-0.05, 0) is 42.7 Å². The van der Waals surface area contributed by atoms with Crippen LogP contribution in [0.5, 0.6) is 11.5 Å². The number of methoxy groups -OCH3 is 1. The topological polar surface area (TPSA) is 27.7 Å². The van der Waals surface area contributed by atoms with Crippen LogP contribution in [0.4, 0.5) is 0 Å². The molecule has 1 aliphatic heterocycles. The monoisotopic (exact) mass is 284 g/mol. The van der Waals surface area contributed by atoms with Crippen molar-refractivity contribution < 1.29 is 14.2 Å². The summed E-state index contributed by atoms with van der Waals surface area (Å²) in [6.45, 7) is 2.63. The maximum absolute atomic E-state index is 6.04. The van der Waals surface area contributed by atoms with E-state index in [1.807, 2.05) is 37.3 Å². The van der Waals surface area contributed by atoms with Gasteiger partial charge in [0.25, 0.3) is 0 Å². The zero-order valence-corrected chi connectivity index (χ0v) is 12.4. The molecule has 3 rings (SSSR count). The second-order valence-corrected chi connectivity index (χ2v) is 5.13. The van der Waals surface area contributed by atoms with Crippen molar-refractivity contribution in [2.75, 3.05) is 13.7 Å². The third-order valence-electron chi connectivity index (χ3n) is 3.86. The van der Waals surface area contributed by atoms with E-state index in [2.05, 4.69) is 18.2 Å². The van der Waals surface area contributed by atoms with Crippen LogP contribution >= 0.6 is 0 Å². The number of para-hydroxylation sites is 1. The Morgan fingerprint density at radius 1 is 1.10 bits per heavy atom. The first-order chi connectivity index (χ1) is 10.3. The minimum atomic E-state index is -0.238. The lowest BCUT2D eigenvalue weighted by atomic mass is 9.89. The van der Waals surface area contributed by atoms with Gasteiger partial charge in [0.1, 0.15) is 11.5 Å². The molecular weight excluding hydrogens is 264 g/mol. The highest BCUT2D eigenvalue weighted by atomic mass is 16.7. The molecule has 3 heteroatoms. The summed E-state index contributed by atoms with van der Waals surface area (Å²) in [5.41, 5.74) is 2.44. The van der Waals surface area contributed by atoms with Gasteiger partial charge < -0.3 is 14.2 Å². The predicted molar refractivity (Wildman–Crippen MR) is 81.9 cm³/mol. The Kier molecular flexibility index (Phi) is 4.11. The number of fused-ring (bicyclic) bond motifs is 1. The summed E-state index contributed by atoms with van der Waals surface area (Å²) in [5.74, 6) is 2.00. The van der Waals surface area contributed by atoms with Gasteiger partial charge in [-0.2, -0.15) is 0 Å². The Morgan fingerprint density at radius 3 is 2.57 bits per heavy atom. The van der Waals surface area contributed by atoms with Crippen molar-refractivity contribution in [3.8, 4) is 11.5 Å². The highest BCUT2D eigenvalue weighted by Gasteiger charge is 2.31. The van der Waals surface area contributed by atoms with E-state index < -0.39 is 0 Å². The quantitative estimate of drug-likeness (QED) is 0.855. The van der Waals surface area contributed by atoms with Gasteiger partial charge in [-0.25, -0.2) is 0 Å². The van der Waals surface area contributed by atoms with E-state index in [9.17, 15) is 0 Å². The molecule has 0 aromatic heterocycles. The molecule has 0 fully saturated rings. The van der Waals surface area contributed by atoms with Crippen molar-refractivity contribution in [3.63, 3.8) is 0 Å². The molecule has 0 unspecified atom stereocenters. The summed E-state index contributed by atoms with van der Waals surface area (Å²) >= 11 is 0. The second-order valence-electron chi connectivity index (χ2n) is 5.13. The Labute approximate surface area is 125 Å². The third kappa shape index (κ3) is 2.88. The van der Waals surface area contributed by atoms with Crippen molar-refractivity contribution in [2.24, 2.45) is 0 Å². The summed E-state index contributed by atoms with van der Waals surface area (Å²) in [6, 6.07) is 16.3. The van der Waals surface area contributed by atoms with Crippen molar-refractivity contribution in [2.45, 2.75) is 25.6 Å². The Balaban J connectivity index is 1.90. The van der Waals surface area contributed by atoms with E-state index >= 15 is 0 Å². The number of hydrogen-bond donors (Lipinski definition) is 0. The molecule has 2 aromatic rings. The van der Waals surface area contributed by atoms with Crippen LogP contribution in [0.1, 0.15) is 24.0 Å². The molecule has 110 valence electrons. The molecular formula is C18H20O3. The number of ether oxygens (including phenoxy) is 3. The normalized spacial score (nSPS) is 20.5. The second kappa shape index (κ2) is 6.19. The first kappa shape index (κ1) is 14.0. The van der Waals surface area contributed by atoms with Gasteiger partial charge in [0.05, 0.1) is 13.0 Å². The fourth-order valence-corrected chi connectivity index (χ4v) is 2.77. The third-order valence-corrected chi connectivity index (χ3v) is 3.86.